The molecule has 0 spiro atoms. The lowest BCUT2D eigenvalue weighted by molar-refractivity contribution is 1.43. The maximum absolute atomic E-state index is 6.29. The Kier molecular flexibility index (Phi) is 4.69. The van der Waals surface area contributed by atoms with E-state index in [1.54, 1.807) is 11.3 Å². The summed E-state index contributed by atoms with van der Waals surface area (Å²) in [7, 11) is 0. The quantitative estimate of drug-likeness (QED) is 0.662. The number of hydrogen-bond donors (Lipinski definition) is 1. The molecule has 2 N–H and O–H groups in total. The van der Waals surface area contributed by atoms with Crippen molar-refractivity contribution in [2.75, 3.05) is 0 Å². The molecule has 0 aliphatic rings. The van der Waals surface area contributed by atoms with E-state index in [0.717, 1.165) is 21.8 Å². The van der Waals surface area contributed by atoms with Gasteiger partial charge < -0.3 is 5.73 Å². The first kappa shape index (κ1) is 15.3. The summed E-state index contributed by atoms with van der Waals surface area (Å²) in [6.07, 6.45) is 1.95. The van der Waals surface area contributed by atoms with E-state index in [1.165, 1.54) is 5.56 Å². The average Bonchev–Trinajstić information content (AvgIpc) is 3.10. The third-order valence-electron chi connectivity index (χ3n) is 3.46. The minimum absolute atomic E-state index is 0.716. The Morgan fingerprint density at radius 1 is 0.957 bits per heavy atom. The fourth-order valence-electron chi connectivity index (χ4n) is 2.20. The molecule has 3 heteroatoms. The molecule has 2 aromatic carbocycles. The first-order valence-electron chi connectivity index (χ1n) is 7.44. The second kappa shape index (κ2) is 7.07. The Bertz CT molecular complexity index is 814. The molecule has 0 fully saturated rings. The van der Waals surface area contributed by atoms with E-state index < -0.39 is 0 Å². The van der Waals surface area contributed by atoms with E-state index in [9.17, 15) is 0 Å². The largest absolute Gasteiger partial charge is 0.398 e. The fourth-order valence-corrected chi connectivity index (χ4v) is 2.89. The normalized spacial score (nSPS) is 12.4. The molecule has 0 aliphatic carbocycles. The van der Waals surface area contributed by atoms with Gasteiger partial charge in [-0.1, -0.05) is 54.1 Å². The van der Waals surface area contributed by atoms with Gasteiger partial charge in [-0.15, -0.1) is 11.3 Å². The number of rotatable bonds is 4. The minimum Gasteiger partial charge on any atom is -0.398 e. The molecule has 0 aliphatic heterocycles. The van der Waals surface area contributed by atoms with Gasteiger partial charge in [0.15, 0.2) is 0 Å². The van der Waals surface area contributed by atoms with Crippen molar-refractivity contribution >= 4 is 28.4 Å². The molecule has 23 heavy (non-hydrogen) atoms. The van der Waals surface area contributed by atoms with Crippen LogP contribution in [0.3, 0.4) is 0 Å². The van der Waals surface area contributed by atoms with Gasteiger partial charge in [-0.25, -0.2) is 4.99 Å². The van der Waals surface area contributed by atoms with E-state index in [4.69, 9.17) is 10.7 Å². The molecule has 114 valence electrons. The highest BCUT2D eigenvalue weighted by Gasteiger charge is 2.05. The first-order valence-corrected chi connectivity index (χ1v) is 8.32. The standard InChI is InChI=1S/C20H18N2S/c1-15-9-11-16(12-10-15)18(21)14-19(20-8-5-13-23-20)22-17-6-3-2-4-7-17/h2-14H,21H2,1H3/b18-14-,22-19?. The van der Waals surface area contributed by atoms with Gasteiger partial charge in [0.05, 0.1) is 16.3 Å². The SMILES string of the molecule is Cc1ccc(/C(N)=C/C(=Nc2ccccc2)c2cccs2)cc1. The van der Waals surface area contributed by atoms with Crippen molar-refractivity contribution in [3.8, 4) is 0 Å². The topological polar surface area (TPSA) is 38.4 Å². The summed E-state index contributed by atoms with van der Waals surface area (Å²) in [5.41, 5.74) is 11.0. The van der Waals surface area contributed by atoms with Crippen LogP contribution in [0, 0.1) is 6.92 Å². The zero-order chi connectivity index (χ0) is 16.1. The Labute approximate surface area is 140 Å². The Morgan fingerprint density at radius 2 is 1.70 bits per heavy atom. The van der Waals surface area contributed by atoms with Crippen LogP contribution in [0.2, 0.25) is 0 Å². The smallest absolute Gasteiger partial charge is 0.0829 e. The third kappa shape index (κ3) is 3.96. The predicted molar refractivity (Wildman–Crippen MR) is 100 cm³/mol. The molecule has 0 amide bonds. The van der Waals surface area contributed by atoms with Crippen LogP contribution in [-0.2, 0) is 0 Å². The monoisotopic (exact) mass is 318 g/mol. The van der Waals surface area contributed by atoms with Crippen molar-refractivity contribution in [3.63, 3.8) is 0 Å². The van der Waals surface area contributed by atoms with Crippen LogP contribution in [0.1, 0.15) is 16.0 Å². The van der Waals surface area contributed by atoms with Gasteiger partial charge in [-0.05, 0) is 42.1 Å². The molecule has 0 atom stereocenters. The molecule has 2 nitrogen and oxygen atoms in total. The summed E-state index contributed by atoms with van der Waals surface area (Å²) >= 11 is 1.66. The molecule has 0 bridgehead atoms. The van der Waals surface area contributed by atoms with Crippen LogP contribution in [-0.4, -0.2) is 5.71 Å². The average molecular weight is 318 g/mol. The molecule has 0 radical (unpaired) electrons. The zero-order valence-electron chi connectivity index (χ0n) is 12.9. The van der Waals surface area contributed by atoms with Crippen molar-refractivity contribution < 1.29 is 0 Å². The minimum atomic E-state index is 0.716. The lowest BCUT2D eigenvalue weighted by Crippen LogP contribution is -2.02. The number of nitrogens with zero attached hydrogens (tertiary/aromatic N) is 1. The molecule has 0 saturated carbocycles. The highest BCUT2D eigenvalue weighted by Crippen LogP contribution is 2.19. The van der Waals surface area contributed by atoms with Crippen LogP contribution < -0.4 is 5.73 Å². The number of para-hydroxylation sites is 1. The predicted octanol–water partition coefficient (Wildman–Crippen LogP) is 5.18. The van der Waals surface area contributed by atoms with Crippen LogP contribution >= 0.6 is 11.3 Å². The summed E-state index contributed by atoms with van der Waals surface area (Å²) in [5.74, 6) is 0. The summed E-state index contributed by atoms with van der Waals surface area (Å²) < 4.78 is 0. The first-order chi connectivity index (χ1) is 11.2. The van der Waals surface area contributed by atoms with E-state index in [1.807, 2.05) is 60.0 Å². The lowest BCUT2D eigenvalue weighted by Gasteiger charge is -2.05. The van der Waals surface area contributed by atoms with Gasteiger partial charge in [0.25, 0.3) is 0 Å². The lowest BCUT2D eigenvalue weighted by atomic mass is 10.1. The number of benzene rings is 2. The van der Waals surface area contributed by atoms with E-state index in [-0.39, 0.29) is 0 Å². The van der Waals surface area contributed by atoms with Crippen LogP contribution in [0.4, 0.5) is 5.69 Å². The number of thiophene rings is 1. The molecule has 1 heterocycles. The van der Waals surface area contributed by atoms with E-state index in [0.29, 0.717) is 5.70 Å². The summed E-state index contributed by atoms with van der Waals surface area (Å²) in [6, 6.07) is 22.2. The molecule has 1 aromatic heterocycles. The molecule has 0 unspecified atom stereocenters. The van der Waals surface area contributed by atoms with Crippen molar-refractivity contribution in [1.29, 1.82) is 0 Å². The van der Waals surface area contributed by atoms with E-state index >= 15 is 0 Å². The van der Waals surface area contributed by atoms with Crippen LogP contribution in [0.25, 0.3) is 5.70 Å². The van der Waals surface area contributed by atoms with Crippen molar-refractivity contribution in [1.82, 2.24) is 0 Å². The highest BCUT2D eigenvalue weighted by molar-refractivity contribution is 7.12. The van der Waals surface area contributed by atoms with E-state index in [2.05, 4.69) is 25.1 Å². The third-order valence-corrected chi connectivity index (χ3v) is 4.35. The van der Waals surface area contributed by atoms with Gasteiger partial charge in [0.2, 0.25) is 0 Å². The second-order valence-electron chi connectivity index (χ2n) is 5.28. The highest BCUT2D eigenvalue weighted by atomic mass is 32.1. The molecule has 0 saturated heterocycles. The summed E-state index contributed by atoms with van der Waals surface area (Å²) in [5, 5.41) is 2.05. The van der Waals surface area contributed by atoms with Gasteiger partial charge in [0, 0.05) is 5.70 Å². The Hall–Kier alpha value is -2.65. The van der Waals surface area contributed by atoms with Crippen molar-refractivity contribution in [2.45, 2.75) is 6.92 Å². The number of aryl methyl sites for hydroxylation is 1. The van der Waals surface area contributed by atoms with Gasteiger partial charge in [-0.3, -0.25) is 0 Å². The molecular formula is C20H18N2S. The Balaban J connectivity index is 2.01. The number of nitrogens with two attached hydrogens (primary N) is 1. The van der Waals surface area contributed by atoms with Gasteiger partial charge in [0.1, 0.15) is 0 Å². The Morgan fingerprint density at radius 3 is 2.35 bits per heavy atom. The zero-order valence-corrected chi connectivity index (χ0v) is 13.8. The number of aliphatic imine (C=N–C) groups is 1. The summed E-state index contributed by atoms with van der Waals surface area (Å²) in [6.45, 7) is 2.07. The fraction of sp³-hybridized carbons (Fsp3) is 0.0500. The van der Waals surface area contributed by atoms with Crippen LogP contribution in [0.5, 0.6) is 0 Å². The number of hydrogen-bond acceptors (Lipinski definition) is 3. The number of allylic oxidation sites excluding steroid dienone is 1. The second-order valence-corrected chi connectivity index (χ2v) is 6.22. The summed E-state index contributed by atoms with van der Waals surface area (Å²) in [4.78, 5) is 5.86. The molecular weight excluding hydrogens is 300 g/mol. The maximum Gasteiger partial charge on any atom is 0.0829 e. The van der Waals surface area contributed by atoms with Gasteiger partial charge in [-0.2, -0.15) is 0 Å². The molecule has 3 aromatic rings. The van der Waals surface area contributed by atoms with Crippen molar-refractivity contribution in [2.24, 2.45) is 10.7 Å². The maximum atomic E-state index is 6.29. The molecule has 3 rings (SSSR count). The van der Waals surface area contributed by atoms with Crippen LogP contribution in [0.15, 0.2) is 83.2 Å². The van der Waals surface area contributed by atoms with Crippen molar-refractivity contribution in [3.05, 3.63) is 94.2 Å². The van der Waals surface area contributed by atoms with Gasteiger partial charge >= 0.3 is 0 Å².